The maximum absolute atomic E-state index is 10.5. The third-order valence-electron chi connectivity index (χ3n) is 4.52. The van der Waals surface area contributed by atoms with Gasteiger partial charge in [-0.2, -0.15) is 0 Å². The van der Waals surface area contributed by atoms with Crippen molar-refractivity contribution in [1.82, 2.24) is 15.5 Å². The van der Waals surface area contributed by atoms with Crippen LogP contribution < -0.4 is 15.4 Å². The molecule has 2 rings (SSSR count). The largest absolute Gasteiger partial charge is 0.491 e. The number of nitrogens with one attached hydrogen (secondary N) is 2. The number of nitrogens with zero attached hydrogens (tertiary/aromatic N) is 2. The fourth-order valence-electron chi connectivity index (χ4n) is 3.21. The monoisotopic (exact) mass is 504 g/mol. The molecule has 1 aliphatic heterocycles. The van der Waals surface area contributed by atoms with Gasteiger partial charge in [0.15, 0.2) is 5.96 Å². The van der Waals surface area contributed by atoms with Crippen LogP contribution in [-0.4, -0.2) is 61.3 Å². The molecule has 6 nitrogen and oxygen atoms in total. The van der Waals surface area contributed by atoms with E-state index in [1.165, 1.54) is 25.9 Å². The second-order valence-corrected chi connectivity index (χ2v) is 7.30. The first-order valence-corrected chi connectivity index (χ1v) is 10.3. The van der Waals surface area contributed by atoms with E-state index >= 15 is 0 Å². The van der Waals surface area contributed by atoms with Crippen LogP contribution in [0.25, 0.3) is 0 Å². The molecule has 1 heterocycles. The molecule has 1 aromatic carbocycles. The summed E-state index contributed by atoms with van der Waals surface area (Å²) in [6.45, 7) is 11.6. The molecule has 1 atom stereocenters. The van der Waals surface area contributed by atoms with Crippen molar-refractivity contribution >= 4 is 29.9 Å². The number of hydrogen-bond acceptors (Lipinski definition) is 4. The van der Waals surface area contributed by atoms with Crippen molar-refractivity contribution < 1.29 is 9.84 Å². The van der Waals surface area contributed by atoms with Gasteiger partial charge in [-0.3, -0.25) is 4.99 Å². The van der Waals surface area contributed by atoms with Gasteiger partial charge in [0.25, 0.3) is 0 Å². The van der Waals surface area contributed by atoms with Crippen LogP contribution in [0.4, 0.5) is 0 Å². The van der Waals surface area contributed by atoms with Gasteiger partial charge < -0.3 is 25.4 Å². The highest BCUT2D eigenvalue weighted by Crippen LogP contribution is 2.20. The van der Waals surface area contributed by atoms with Gasteiger partial charge >= 0.3 is 0 Å². The van der Waals surface area contributed by atoms with Crippen molar-refractivity contribution in [3.8, 4) is 5.75 Å². The first kappa shape index (κ1) is 25.0. The number of halogens is 1. The molecule has 1 aromatic rings. The van der Waals surface area contributed by atoms with Crippen LogP contribution in [0.15, 0.2) is 29.3 Å². The Kier molecular flexibility index (Phi) is 12.5. The molecule has 1 fully saturated rings. The third-order valence-corrected chi connectivity index (χ3v) is 4.52. The van der Waals surface area contributed by atoms with Gasteiger partial charge in [-0.25, -0.2) is 0 Å². The second-order valence-electron chi connectivity index (χ2n) is 7.30. The number of guanidine groups is 1. The van der Waals surface area contributed by atoms with Gasteiger partial charge in [-0.1, -0.05) is 12.1 Å². The van der Waals surface area contributed by atoms with Gasteiger partial charge in [0.2, 0.25) is 0 Å². The molecule has 0 amide bonds. The van der Waals surface area contributed by atoms with Crippen molar-refractivity contribution in [3.63, 3.8) is 0 Å². The van der Waals surface area contributed by atoms with Gasteiger partial charge in [-0.05, 0) is 77.4 Å². The summed E-state index contributed by atoms with van der Waals surface area (Å²) in [7, 11) is 0. The quantitative estimate of drug-likeness (QED) is 0.198. The van der Waals surface area contributed by atoms with E-state index in [-0.39, 0.29) is 30.1 Å². The summed E-state index contributed by atoms with van der Waals surface area (Å²) in [5.74, 6) is 1.53. The Balaban J connectivity index is 0.00000392. The van der Waals surface area contributed by atoms with E-state index < -0.39 is 6.10 Å². The molecule has 0 aromatic heterocycles. The number of ether oxygens (including phenoxy) is 1. The van der Waals surface area contributed by atoms with Crippen LogP contribution in [0.1, 0.15) is 51.7 Å². The summed E-state index contributed by atoms with van der Waals surface area (Å²) in [6, 6.07) is 7.60. The molecule has 1 saturated heterocycles. The van der Waals surface area contributed by atoms with Gasteiger partial charge in [0, 0.05) is 13.1 Å². The summed E-state index contributed by atoms with van der Waals surface area (Å²) >= 11 is 0. The number of aliphatic hydroxyl groups excluding tert-OH is 1. The third kappa shape index (κ3) is 9.43. The fourth-order valence-corrected chi connectivity index (χ4v) is 3.21. The van der Waals surface area contributed by atoms with Crippen molar-refractivity contribution in [2.75, 3.05) is 39.3 Å². The summed E-state index contributed by atoms with van der Waals surface area (Å²) in [5, 5.41) is 17.1. The summed E-state index contributed by atoms with van der Waals surface area (Å²) in [5.41, 5.74) is 0.821. The van der Waals surface area contributed by atoms with Crippen LogP contribution in [0, 0.1) is 0 Å². The molecule has 28 heavy (non-hydrogen) atoms. The Bertz CT molecular complexity index is 577. The lowest BCUT2D eigenvalue weighted by Gasteiger charge is -2.16. The van der Waals surface area contributed by atoms with Gasteiger partial charge in [-0.15, -0.1) is 24.0 Å². The lowest BCUT2D eigenvalue weighted by atomic mass is 10.1. The van der Waals surface area contributed by atoms with E-state index in [0.29, 0.717) is 6.54 Å². The Morgan fingerprint density at radius 3 is 2.68 bits per heavy atom. The molecule has 3 N–H and O–H groups in total. The second kappa shape index (κ2) is 14.0. The number of benzene rings is 1. The van der Waals surface area contributed by atoms with Crippen LogP contribution in [0.5, 0.6) is 5.75 Å². The van der Waals surface area contributed by atoms with Crippen molar-refractivity contribution in [1.29, 1.82) is 0 Å². The predicted octanol–water partition coefficient (Wildman–Crippen LogP) is 3.17. The van der Waals surface area contributed by atoms with E-state index in [0.717, 1.165) is 43.3 Å². The van der Waals surface area contributed by atoms with E-state index in [1.54, 1.807) is 0 Å². The maximum atomic E-state index is 10.5. The van der Waals surface area contributed by atoms with Crippen LogP contribution in [0.2, 0.25) is 0 Å². The molecule has 0 aliphatic carbocycles. The Morgan fingerprint density at radius 2 is 2.00 bits per heavy atom. The molecule has 0 bridgehead atoms. The van der Waals surface area contributed by atoms with Crippen molar-refractivity contribution in [3.05, 3.63) is 29.8 Å². The van der Waals surface area contributed by atoms with Crippen LogP contribution in [0.3, 0.4) is 0 Å². The van der Waals surface area contributed by atoms with E-state index in [1.807, 2.05) is 45.0 Å². The number of aliphatic hydroxyl groups is 1. The smallest absolute Gasteiger partial charge is 0.191 e. The minimum Gasteiger partial charge on any atom is -0.491 e. The van der Waals surface area contributed by atoms with Crippen molar-refractivity contribution in [2.24, 2.45) is 4.99 Å². The zero-order chi connectivity index (χ0) is 19.5. The van der Waals surface area contributed by atoms with Crippen LogP contribution >= 0.6 is 24.0 Å². The highest BCUT2D eigenvalue weighted by molar-refractivity contribution is 14.0. The zero-order valence-electron chi connectivity index (χ0n) is 17.5. The molecule has 1 aliphatic rings. The molecule has 0 radical (unpaired) electrons. The number of rotatable bonds is 10. The Labute approximate surface area is 187 Å². The SMILES string of the molecule is CCNC(=NCC(O)c1cccc(OC(C)C)c1)NCCCN1CCCC1.I. The molecule has 7 heteroatoms. The minimum absolute atomic E-state index is 0. The predicted molar refractivity (Wildman–Crippen MR) is 127 cm³/mol. The molecular weight excluding hydrogens is 467 g/mol. The zero-order valence-corrected chi connectivity index (χ0v) is 19.8. The van der Waals surface area contributed by atoms with E-state index in [9.17, 15) is 5.11 Å². The number of hydrogen-bond donors (Lipinski definition) is 3. The lowest BCUT2D eigenvalue weighted by Crippen LogP contribution is -2.39. The molecule has 0 saturated carbocycles. The first-order chi connectivity index (χ1) is 13.1. The summed E-state index contributed by atoms with van der Waals surface area (Å²) in [6.07, 6.45) is 3.22. The van der Waals surface area contributed by atoms with Crippen molar-refractivity contribution in [2.45, 2.75) is 52.2 Å². The van der Waals surface area contributed by atoms with E-state index in [2.05, 4.69) is 20.5 Å². The number of aliphatic imine (C=N–C) groups is 1. The highest BCUT2D eigenvalue weighted by atomic mass is 127. The lowest BCUT2D eigenvalue weighted by molar-refractivity contribution is 0.185. The standard InChI is InChI=1S/C21H36N4O2.HI/c1-4-22-21(23-11-8-14-25-12-5-6-13-25)24-16-20(26)18-9-7-10-19(15-18)27-17(2)3;/h7,9-10,15,17,20,26H,4-6,8,11-14,16H2,1-3H3,(H2,22,23,24);1H. The topological polar surface area (TPSA) is 69.1 Å². The Hall–Kier alpha value is -1.06. The summed E-state index contributed by atoms with van der Waals surface area (Å²) in [4.78, 5) is 7.06. The fraction of sp³-hybridized carbons (Fsp3) is 0.667. The average Bonchev–Trinajstić information content (AvgIpc) is 3.16. The van der Waals surface area contributed by atoms with Gasteiger partial charge in [0.05, 0.1) is 18.8 Å². The molecule has 1 unspecified atom stereocenters. The summed E-state index contributed by atoms with van der Waals surface area (Å²) < 4.78 is 5.70. The Morgan fingerprint density at radius 1 is 1.25 bits per heavy atom. The maximum Gasteiger partial charge on any atom is 0.191 e. The van der Waals surface area contributed by atoms with Crippen LogP contribution in [-0.2, 0) is 0 Å². The molecule has 0 spiro atoms. The molecular formula is C21H37IN4O2. The molecule has 160 valence electrons. The number of likely N-dealkylation sites (tertiary alicyclic amines) is 1. The average molecular weight is 504 g/mol. The van der Waals surface area contributed by atoms with Gasteiger partial charge in [0.1, 0.15) is 5.75 Å². The highest BCUT2D eigenvalue weighted by Gasteiger charge is 2.11. The normalized spacial score (nSPS) is 16.0. The minimum atomic E-state index is -0.652. The van der Waals surface area contributed by atoms with E-state index in [4.69, 9.17) is 4.74 Å². The first-order valence-electron chi connectivity index (χ1n) is 10.3.